The molecule has 0 bridgehead atoms. The van der Waals surface area contributed by atoms with Gasteiger partial charge in [-0.1, -0.05) is 29.3 Å². The van der Waals surface area contributed by atoms with Crippen molar-refractivity contribution < 1.29 is 19.0 Å². The van der Waals surface area contributed by atoms with Crippen molar-refractivity contribution in [2.75, 3.05) is 28.4 Å². The number of carbonyl (C=O) groups is 1. The third-order valence-electron chi connectivity index (χ3n) is 4.48. The molecule has 2 aromatic rings. The first-order chi connectivity index (χ1) is 13.3. The van der Waals surface area contributed by atoms with Gasteiger partial charge in [-0.15, -0.1) is 0 Å². The summed E-state index contributed by atoms with van der Waals surface area (Å²) in [4.78, 5) is 14.3. The number of benzene rings is 2. The number of hydrogen-bond acceptors (Lipinski definition) is 4. The van der Waals surface area contributed by atoms with Crippen LogP contribution in [0.5, 0.6) is 17.2 Å². The average molecular weight is 424 g/mol. The molecule has 0 fully saturated rings. The minimum atomic E-state index is -0.228. The van der Waals surface area contributed by atoms with Gasteiger partial charge in [-0.3, -0.25) is 4.79 Å². The number of methoxy groups -OCH3 is 3. The van der Waals surface area contributed by atoms with E-state index in [9.17, 15) is 4.79 Å². The molecular formula is C21H23Cl2NO4. The molecule has 7 heteroatoms. The molecule has 0 spiro atoms. The molecule has 0 heterocycles. The molecule has 150 valence electrons. The Morgan fingerprint density at radius 3 is 2.18 bits per heavy atom. The van der Waals surface area contributed by atoms with Gasteiger partial charge >= 0.3 is 0 Å². The molecule has 2 rings (SSSR count). The number of hydrogen-bond donors (Lipinski definition) is 0. The van der Waals surface area contributed by atoms with Crippen LogP contribution in [0, 0.1) is 0 Å². The topological polar surface area (TPSA) is 48.0 Å². The van der Waals surface area contributed by atoms with Crippen LogP contribution in [0.2, 0.25) is 10.0 Å². The van der Waals surface area contributed by atoms with Gasteiger partial charge in [0.15, 0.2) is 11.5 Å². The molecule has 1 unspecified atom stereocenters. The Kier molecular flexibility index (Phi) is 7.61. The Bertz CT molecular complexity index is 883. The molecule has 0 aromatic heterocycles. The minimum Gasteiger partial charge on any atom is -0.496 e. The van der Waals surface area contributed by atoms with Crippen LogP contribution < -0.4 is 14.2 Å². The first-order valence-electron chi connectivity index (χ1n) is 8.52. The van der Waals surface area contributed by atoms with Crippen LogP contribution in [-0.2, 0) is 4.79 Å². The van der Waals surface area contributed by atoms with Gasteiger partial charge in [-0.2, -0.15) is 0 Å². The van der Waals surface area contributed by atoms with Gasteiger partial charge in [0.05, 0.1) is 27.4 Å². The molecule has 2 aromatic carbocycles. The van der Waals surface area contributed by atoms with Crippen LogP contribution in [0.4, 0.5) is 0 Å². The van der Waals surface area contributed by atoms with E-state index in [2.05, 4.69) is 0 Å². The van der Waals surface area contributed by atoms with Crippen molar-refractivity contribution in [2.24, 2.45) is 0 Å². The number of ether oxygens (including phenoxy) is 3. The summed E-state index contributed by atoms with van der Waals surface area (Å²) in [6.07, 6.45) is 3.15. The molecule has 0 aliphatic heterocycles. The lowest BCUT2D eigenvalue weighted by molar-refractivity contribution is -0.126. The summed E-state index contributed by atoms with van der Waals surface area (Å²) in [7, 11) is 6.37. The fourth-order valence-electron chi connectivity index (χ4n) is 2.70. The zero-order chi connectivity index (χ0) is 20.8. The Morgan fingerprint density at radius 1 is 1.00 bits per heavy atom. The van der Waals surface area contributed by atoms with Crippen molar-refractivity contribution in [2.45, 2.75) is 13.0 Å². The fraction of sp³-hybridized carbons (Fsp3) is 0.286. The minimum absolute atomic E-state index is 0.185. The van der Waals surface area contributed by atoms with Crippen molar-refractivity contribution in [3.8, 4) is 17.2 Å². The maximum atomic E-state index is 12.7. The first kappa shape index (κ1) is 21.9. The SMILES string of the molecule is COc1cc(OC)c(OC)cc1/C=C/C(=O)N(C)C(C)c1ccc(Cl)cc1Cl. The number of likely N-dealkylation sites (N-methyl/N-ethyl adjacent to an activating group) is 1. The molecule has 1 amide bonds. The zero-order valence-electron chi connectivity index (χ0n) is 16.5. The number of amides is 1. The Hall–Kier alpha value is -2.37. The van der Waals surface area contributed by atoms with Crippen molar-refractivity contribution in [3.05, 3.63) is 57.6 Å². The van der Waals surface area contributed by atoms with Crippen LogP contribution >= 0.6 is 23.2 Å². The predicted octanol–water partition coefficient (Wildman–Crippen LogP) is 5.25. The third-order valence-corrected chi connectivity index (χ3v) is 5.04. The largest absolute Gasteiger partial charge is 0.496 e. The smallest absolute Gasteiger partial charge is 0.246 e. The van der Waals surface area contributed by atoms with Crippen molar-refractivity contribution in [1.82, 2.24) is 4.90 Å². The zero-order valence-corrected chi connectivity index (χ0v) is 18.0. The van der Waals surface area contributed by atoms with Gasteiger partial charge in [0.1, 0.15) is 5.75 Å². The average Bonchev–Trinajstić information content (AvgIpc) is 2.70. The van der Waals surface area contributed by atoms with Gasteiger partial charge in [0.25, 0.3) is 0 Å². The lowest BCUT2D eigenvalue weighted by Crippen LogP contribution is -2.28. The fourth-order valence-corrected chi connectivity index (χ4v) is 3.27. The molecule has 0 saturated heterocycles. The normalized spacial score (nSPS) is 12.0. The maximum absolute atomic E-state index is 12.7. The van der Waals surface area contributed by atoms with Crippen LogP contribution in [0.15, 0.2) is 36.4 Å². The monoisotopic (exact) mass is 423 g/mol. The summed E-state index contributed by atoms with van der Waals surface area (Å²) in [6, 6.07) is 8.47. The molecule has 1 atom stereocenters. The number of nitrogens with zero attached hydrogens (tertiary/aromatic N) is 1. The number of carbonyl (C=O) groups excluding carboxylic acids is 1. The third kappa shape index (κ3) is 4.91. The molecule has 0 aliphatic rings. The first-order valence-corrected chi connectivity index (χ1v) is 9.27. The standard InChI is InChI=1S/C21H23Cl2NO4/c1-13(16-8-7-15(22)11-17(16)23)24(2)21(25)9-6-14-10-19(27-4)20(28-5)12-18(14)26-3/h6-13H,1-5H3/b9-6+. The van der Waals surface area contributed by atoms with E-state index in [4.69, 9.17) is 37.4 Å². The van der Waals surface area contributed by atoms with E-state index < -0.39 is 0 Å². The molecule has 0 radical (unpaired) electrons. The van der Waals surface area contributed by atoms with E-state index >= 15 is 0 Å². The predicted molar refractivity (Wildman–Crippen MR) is 113 cm³/mol. The number of halogens is 2. The molecule has 0 N–H and O–H groups in total. The van der Waals surface area contributed by atoms with E-state index in [0.717, 1.165) is 5.56 Å². The lowest BCUT2D eigenvalue weighted by Gasteiger charge is -2.25. The molecule has 28 heavy (non-hydrogen) atoms. The van der Waals surface area contributed by atoms with Gasteiger partial charge in [-0.05, 0) is 36.8 Å². The van der Waals surface area contributed by atoms with E-state index in [1.807, 2.05) is 13.0 Å². The second kappa shape index (κ2) is 9.71. The Balaban J connectivity index is 2.24. The van der Waals surface area contributed by atoms with Gasteiger partial charge in [0.2, 0.25) is 5.91 Å². The highest BCUT2D eigenvalue weighted by Crippen LogP contribution is 2.35. The highest BCUT2D eigenvalue weighted by molar-refractivity contribution is 6.35. The second-order valence-corrected chi connectivity index (χ2v) is 6.92. The molecular weight excluding hydrogens is 401 g/mol. The van der Waals surface area contributed by atoms with E-state index in [-0.39, 0.29) is 11.9 Å². The molecule has 0 saturated carbocycles. The van der Waals surface area contributed by atoms with Crippen LogP contribution in [0.1, 0.15) is 24.1 Å². The van der Waals surface area contributed by atoms with Crippen molar-refractivity contribution >= 4 is 35.2 Å². The lowest BCUT2D eigenvalue weighted by atomic mass is 10.1. The highest BCUT2D eigenvalue weighted by Gasteiger charge is 2.18. The van der Waals surface area contributed by atoms with E-state index in [1.165, 1.54) is 6.08 Å². The van der Waals surface area contributed by atoms with Crippen molar-refractivity contribution in [3.63, 3.8) is 0 Å². The van der Waals surface area contributed by atoms with Crippen LogP contribution in [0.25, 0.3) is 6.08 Å². The van der Waals surface area contributed by atoms with Crippen LogP contribution in [-0.4, -0.2) is 39.2 Å². The van der Waals surface area contributed by atoms with Gasteiger partial charge in [0, 0.05) is 34.8 Å². The summed E-state index contributed by atoms with van der Waals surface area (Å²) in [5.41, 5.74) is 1.51. The van der Waals surface area contributed by atoms with Crippen LogP contribution in [0.3, 0.4) is 0 Å². The summed E-state index contributed by atoms with van der Waals surface area (Å²) in [5.74, 6) is 1.48. The molecule has 5 nitrogen and oxygen atoms in total. The summed E-state index contributed by atoms with van der Waals surface area (Å²) >= 11 is 12.2. The number of rotatable bonds is 7. The van der Waals surface area contributed by atoms with Gasteiger partial charge < -0.3 is 19.1 Å². The second-order valence-electron chi connectivity index (χ2n) is 6.07. The van der Waals surface area contributed by atoms with E-state index in [1.54, 1.807) is 63.6 Å². The summed E-state index contributed by atoms with van der Waals surface area (Å²) in [6.45, 7) is 1.90. The maximum Gasteiger partial charge on any atom is 0.246 e. The highest BCUT2D eigenvalue weighted by atomic mass is 35.5. The molecule has 0 aliphatic carbocycles. The Morgan fingerprint density at radius 2 is 1.61 bits per heavy atom. The van der Waals surface area contributed by atoms with E-state index in [0.29, 0.717) is 32.9 Å². The van der Waals surface area contributed by atoms with Gasteiger partial charge in [-0.25, -0.2) is 0 Å². The quantitative estimate of drug-likeness (QED) is 0.570. The summed E-state index contributed by atoms with van der Waals surface area (Å²) in [5, 5.41) is 1.07. The summed E-state index contributed by atoms with van der Waals surface area (Å²) < 4.78 is 16.0. The Labute approximate surface area is 175 Å². The van der Waals surface area contributed by atoms with Crippen molar-refractivity contribution in [1.29, 1.82) is 0 Å².